The fourth-order valence-corrected chi connectivity index (χ4v) is 3.20. The zero-order valence-electron chi connectivity index (χ0n) is 15.9. The van der Waals surface area contributed by atoms with Crippen molar-refractivity contribution in [1.82, 2.24) is 9.80 Å². The lowest BCUT2D eigenvalue weighted by molar-refractivity contribution is 0.0471. The Hall–Kier alpha value is -1.81. The number of allylic oxidation sites excluding steroid dienone is 4. The molecule has 2 rings (SSSR count). The van der Waals surface area contributed by atoms with E-state index in [-0.39, 0.29) is 6.09 Å². The lowest BCUT2D eigenvalue weighted by Crippen LogP contribution is -2.52. The maximum absolute atomic E-state index is 12.2. The van der Waals surface area contributed by atoms with Crippen LogP contribution in [0.2, 0.25) is 0 Å². The van der Waals surface area contributed by atoms with Gasteiger partial charge in [-0.05, 0) is 57.7 Å². The van der Waals surface area contributed by atoms with Gasteiger partial charge < -0.3 is 14.5 Å². The predicted molar refractivity (Wildman–Crippen MR) is 104 cm³/mol. The Bertz CT molecular complexity index is 560. The standard InChI is InChI=1S/C21H32N2O2/c1-4-9-18(5-2)17-25-21(24)23-15-13-20(23)12-14-22(3)16-19-10-7-6-8-11-19/h4-5,7,9-11,20H,6,8,12-17H2,1-3H3/b9-4-,18-5+/t20-/m1/s1. The predicted octanol–water partition coefficient (Wildman–Crippen LogP) is 4.32. The lowest BCUT2D eigenvalue weighted by Gasteiger charge is -2.40. The first-order valence-electron chi connectivity index (χ1n) is 9.39. The quantitative estimate of drug-likeness (QED) is 0.615. The van der Waals surface area contributed by atoms with Crippen LogP contribution in [-0.2, 0) is 4.74 Å². The van der Waals surface area contributed by atoms with Crippen molar-refractivity contribution >= 4 is 6.09 Å². The Labute approximate surface area is 152 Å². The van der Waals surface area contributed by atoms with Gasteiger partial charge in [-0.1, -0.05) is 36.5 Å². The molecule has 1 heterocycles. The van der Waals surface area contributed by atoms with Crippen molar-refractivity contribution in [3.63, 3.8) is 0 Å². The van der Waals surface area contributed by atoms with E-state index in [9.17, 15) is 4.79 Å². The number of nitrogens with zero attached hydrogens (tertiary/aromatic N) is 2. The molecule has 1 fully saturated rings. The highest BCUT2D eigenvalue weighted by Gasteiger charge is 2.33. The maximum Gasteiger partial charge on any atom is 0.410 e. The zero-order valence-corrected chi connectivity index (χ0v) is 15.9. The van der Waals surface area contributed by atoms with E-state index >= 15 is 0 Å². The molecule has 0 radical (unpaired) electrons. The van der Waals surface area contributed by atoms with E-state index in [1.807, 2.05) is 37.0 Å². The summed E-state index contributed by atoms with van der Waals surface area (Å²) in [5.74, 6) is 0. The second-order valence-electron chi connectivity index (χ2n) is 6.84. The SMILES string of the molecule is C/C=C\C(=C/C)COC(=O)N1CC[C@H]1CCN(C)CC1=CCCC=C1. The summed E-state index contributed by atoms with van der Waals surface area (Å²) >= 11 is 0. The second-order valence-corrected chi connectivity index (χ2v) is 6.84. The summed E-state index contributed by atoms with van der Waals surface area (Å²) in [6.07, 6.45) is 16.9. The largest absolute Gasteiger partial charge is 0.445 e. The van der Waals surface area contributed by atoms with Gasteiger partial charge in [-0.15, -0.1) is 0 Å². The molecule has 1 atom stereocenters. The summed E-state index contributed by atoms with van der Waals surface area (Å²) < 4.78 is 5.45. The molecule has 0 aromatic heterocycles. The van der Waals surface area contributed by atoms with Gasteiger partial charge in [0.05, 0.1) is 0 Å². The average molecular weight is 344 g/mol. The first-order chi connectivity index (χ1) is 12.1. The van der Waals surface area contributed by atoms with E-state index in [1.165, 1.54) is 5.57 Å². The Morgan fingerprint density at radius 2 is 2.24 bits per heavy atom. The molecule has 0 saturated carbocycles. The summed E-state index contributed by atoms with van der Waals surface area (Å²) in [5.41, 5.74) is 2.43. The fourth-order valence-electron chi connectivity index (χ4n) is 3.20. The highest BCUT2D eigenvalue weighted by molar-refractivity contribution is 5.69. The van der Waals surface area contributed by atoms with Crippen LogP contribution in [0.15, 0.2) is 47.6 Å². The van der Waals surface area contributed by atoms with Crippen LogP contribution in [0.4, 0.5) is 4.79 Å². The van der Waals surface area contributed by atoms with Crippen molar-refractivity contribution in [3.8, 4) is 0 Å². The fraction of sp³-hybridized carbons (Fsp3) is 0.571. The van der Waals surface area contributed by atoms with E-state index in [4.69, 9.17) is 4.74 Å². The molecule has 4 heteroatoms. The molecule has 1 amide bonds. The molecule has 1 saturated heterocycles. The van der Waals surface area contributed by atoms with Crippen molar-refractivity contribution in [2.24, 2.45) is 0 Å². The number of carbonyl (C=O) groups is 1. The van der Waals surface area contributed by atoms with Crippen LogP contribution in [0.1, 0.15) is 39.5 Å². The summed E-state index contributed by atoms with van der Waals surface area (Å²) in [7, 11) is 2.15. The normalized spacial score (nSPS) is 20.8. The molecule has 0 spiro atoms. The van der Waals surface area contributed by atoms with Gasteiger partial charge in [0.1, 0.15) is 6.61 Å². The molecule has 1 aliphatic carbocycles. The van der Waals surface area contributed by atoms with Crippen molar-refractivity contribution in [2.45, 2.75) is 45.6 Å². The second kappa shape index (κ2) is 10.2. The molecule has 0 bridgehead atoms. The Balaban J connectivity index is 1.69. The molecular weight excluding hydrogens is 312 g/mol. The van der Waals surface area contributed by atoms with Crippen LogP contribution in [-0.4, -0.2) is 55.2 Å². The Kier molecular flexibility index (Phi) is 7.99. The van der Waals surface area contributed by atoms with Gasteiger partial charge in [0, 0.05) is 25.7 Å². The first-order valence-corrected chi connectivity index (χ1v) is 9.39. The third-order valence-electron chi connectivity index (χ3n) is 4.86. The van der Waals surface area contributed by atoms with Crippen LogP contribution in [0.25, 0.3) is 0 Å². The van der Waals surface area contributed by atoms with Gasteiger partial charge in [0.15, 0.2) is 0 Å². The molecule has 138 valence electrons. The number of rotatable bonds is 8. The molecular formula is C21H32N2O2. The molecule has 0 N–H and O–H groups in total. The minimum absolute atomic E-state index is 0.180. The van der Waals surface area contributed by atoms with E-state index in [0.29, 0.717) is 12.6 Å². The van der Waals surface area contributed by atoms with Crippen LogP contribution < -0.4 is 0 Å². The smallest absolute Gasteiger partial charge is 0.410 e. The summed E-state index contributed by atoms with van der Waals surface area (Å²) in [6.45, 7) is 7.08. The summed E-state index contributed by atoms with van der Waals surface area (Å²) in [4.78, 5) is 16.5. The van der Waals surface area contributed by atoms with Crippen molar-refractivity contribution in [2.75, 3.05) is 33.3 Å². The van der Waals surface area contributed by atoms with Crippen molar-refractivity contribution in [3.05, 3.63) is 47.6 Å². The van der Waals surface area contributed by atoms with Gasteiger partial charge in [0.2, 0.25) is 0 Å². The number of ether oxygens (including phenoxy) is 1. The monoisotopic (exact) mass is 344 g/mol. The molecule has 0 unspecified atom stereocenters. The van der Waals surface area contributed by atoms with Crippen LogP contribution in [0.3, 0.4) is 0 Å². The molecule has 25 heavy (non-hydrogen) atoms. The molecule has 1 aliphatic heterocycles. The van der Waals surface area contributed by atoms with Gasteiger partial charge in [0.25, 0.3) is 0 Å². The number of hydrogen-bond donors (Lipinski definition) is 0. The van der Waals surface area contributed by atoms with E-state index in [1.54, 1.807) is 0 Å². The third-order valence-corrected chi connectivity index (χ3v) is 4.86. The maximum atomic E-state index is 12.2. The van der Waals surface area contributed by atoms with E-state index in [2.05, 4.69) is 30.2 Å². The molecule has 0 aromatic carbocycles. The lowest BCUT2D eigenvalue weighted by atomic mass is 10.00. The van der Waals surface area contributed by atoms with Crippen molar-refractivity contribution in [1.29, 1.82) is 0 Å². The average Bonchev–Trinajstić information content (AvgIpc) is 2.58. The van der Waals surface area contributed by atoms with Crippen LogP contribution in [0.5, 0.6) is 0 Å². The number of carbonyl (C=O) groups excluding carboxylic acids is 1. The van der Waals surface area contributed by atoms with Crippen LogP contribution in [0, 0.1) is 0 Å². The van der Waals surface area contributed by atoms with E-state index < -0.39 is 0 Å². The Morgan fingerprint density at radius 1 is 1.40 bits per heavy atom. The molecule has 4 nitrogen and oxygen atoms in total. The Morgan fingerprint density at radius 3 is 2.84 bits per heavy atom. The van der Waals surface area contributed by atoms with Gasteiger partial charge in [-0.25, -0.2) is 4.79 Å². The van der Waals surface area contributed by atoms with Gasteiger partial charge >= 0.3 is 6.09 Å². The summed E-state index contributed by atoms with van der Waals surface area (Å²) in [6, 6.07) is 0.321. The highest BCUT2D eigenvalue weighted by Crippen LogP contribution is 2.22. The zero-order chi connectivity index (χ0) is 18.1. The summed E-state index contributed by atoms with van der Waals surface area (Å²) in [5, 5.41) is 0. The topological polar surface area (TPSA) is 32.8 Å². The molecule has 0 aromatic rings. The number of amides is 1. The minimum Gasteiger partial charge on any atom is -0.445 e. The van der Waals surface area contributed by atoms with E-state index in [0.717, 1.165) is 50.9 Å². The van der Waals surface area contributed by atoms with Crippen molar-refractivity contribution < 1.29 is 9.53 Å². The van der Waals surface area contributed by atoms with Crippen LogP contribution >= 0.6 is 0 Å². The number of likely N-dealkylation sites (tertiary alicyclic amines) is 1. The number of likely N-dealkylation sites (N-methyl/N-ethyl adjacent to an activating group) is 1. The number of hydrogen-bond acceptors (Lipinski definition) is 3. The third kappa shape index (κ3) is 6.20. The van der Waals surface area contributed by atoms with Gasteiger partial charge in [-0.2, -0.15) is 0 Å². The minimum atomic E-state index is -0.180. The van der Waals surface area contributed by atoms with Gasteiger partial charge in [-0.3, -0.25) is 0 Å². The highest BCUT2D eigenvalue weighted by atomic mass is 16.6. The molecule has 2 aliphatic rings. The first kappa shape index (κ1) is 19.5.